The number of quaternary nitrogens is 2. The highest BCUT2D eigenvalue weighted by atomic mass is 16.6. The molecule has 7 heteroatoms. The van der Waals surface area contributed by atoms with Crippen molar-refractivity contribution in [2.75, 3.05) is 0 Å². The van der Waals surface area contributed by atoms with Crippen LogP contribution in [-0.4, -0.2) is 14.9 Å². The van der Waals surface area contributed by atoms with Gasteiger partial charge in [0.25, 0.3) is 5.69 Å². The highest BCUT2D eigenvalue weighted by Crippen LogP contribution is 2.24. The second-order valence-corrected chi connectivity index (χ2v) is 5.20. The molecule has 0 unspecified atom stereocenters. The van der Waals surface area contributed by atoms with Crippen molar-refractivity contribution in [3.63, 3.8) is 0 Å². The van der Waals surface area contributed by atoms with Crippen LogP contribution in [0.1, 0.15) is 11.4 Å². The molecule has 0 bridgehead atoms. The summed E-state index contributed by atoms with van der Waals surface area (Å²) in [6.45, 7) is 0. The number of rotatable bonds is 3. The minimum Gasteiger partial charge on any atom is -0.286 e. The minimum atomic E-state index is -0.422. The maximum absolute atomic E-state index is 11.0. The maximum atomic E-state index is 11.0. The van der Waals surface area contributed by atoms with E-state index in [0.29, 0.717) is 11.0 Å². The first-order valence-corrected chi connectivity index (χ1v) is 7.13. The monoisotopic (exact) mass is 307 g/mol. The average Bonchev–Trinajstić information content (AvgIpc) is 3.26. The second-order valence-electron chi connectivity index (χ2n) is 5.20. The summed E-state index contributed by atoms with van der Waals surface area (Å²) in [5, 5.41) is 14.9. The Labute approximate surface area is 130 Å². The van der Waals surface area contributed by atoms with Crippen LogP contribution in [0.5, 0.6) is 0 Å². The van der Waals surface area contributed by atoms with E-state index in [9.17, 15) is 10.1 Å². The van der Waals surface area contributed by atoms with Gasteiger partial charge in [-0.05, 0) is 18.2 Å². The molecule has 0 saturated heterocycles. The summed E-state index contributed by atoms with van der Waals surface area (Å²) >= 11 is 0. The average molecular weight is 307 g/mol. The number of non-ortho nitro benzene ring substituents is 1. The number of nitrogens with two attached hydrogens (primary N) is 2. The van der Waals surface area contributed by atoms with Crippen LogP contribution in [0, 0.1) is 10.1 Å². The molecule has 2 aliphatic rings. The van der Waals surface area contributed by atoms with Crippen LogP contribution in [-0.2, 0) is 0 Å². The Bertz CT molecular complexity index is 956. The first-order chi connectivity index (χ1) is 11.2. The third-order valence-corrected chi connectivity index (χ3v) is 3.73. The largest absolute Gasteiger partial charge is 0.286 e. The number of benzene rings is 1. The molecule has 0 fully saturated rings. The molecule has 1 aromatic carbocycles. The normalized spacial score (nSPS) is 16.0. The van der Waals surface area contributed by atoms with Crippen molar-refractivity contribution in [2.45, 2.75) is 0 Å². The first kappa shape index (κ1) is 13.5. The number of hydrogen-bond donors (Lipinski definition) is 2. The van der Waals surface area contributed by atoms with Crippen LogP contribution in [0.2, 0.25) is 0 Å². The van der Waals surface area contributed by atoms with Crippen molar-refractivity contribution in [1.29, 1.82) is 0 Å². The van der Waals surface area contributed by atoms with Gasteiger partial charge >= 0.3 is 0 Å². The van der Waals surface area contributed by atoms with E-state index in [1.807, 2.05) is 47.3 Å². The lowest BCUT2D eigenvalue weighted by atomic mass is 10.1. The molecule has 0 amide bonds. The number of allylic oxidation sites excluding steroid dienone is 4. The van der Waals surface area contributed by atoms with E-state index in [0.717, 1.165) is 22.8 Å². The highest BCUT2D eigenvalue weighted by molar-refractivity contribution is 5.82. The van der Waals surface area contributed by atoms with Gasteiger partial charge in [-0.15, -0.1) is 0 Å². The summed E-state index contributed by atoms with van der Waals surface area (Å²) in [7, 11) is 0. The van der Waals surface area contributed by atoms with E-state index in [2.05, 4.69) is 9.97 Å². The SMILES string of the molecule is O=[N+]([O-])c1ccc2nc(C3=CC=C[NH2+]3)c(C3=CC=C[NH2+]3)nc2c1. The smallest absolute Gasteiger partial charge is 0.271 e. The van der Waals surface area contributed by atoms with Crippen molar-refractivity contribution in [3.05, 3.63) is 76.4 Å². The van der Waals surface area contributed by atoms with Gasteiger partial charge in [-0.3, -0.25) is 20.7 Å². The van der Waals surface area contributed by atoms with Crippen LogP contribution in [0.25, 0.3) is 22.4 Å². The van der Waals surface area contributed by atoms with Gasteiger partial charge in [-0.1, -0.05) is 0 Å². The lowest BCUT2D eigenvalue weighted by Crippen LogP contribution is -2.74. The van der Waals surface area contributed by atoms with Crippen molar-refractivity contribution >= 4 is 28.1 Å². The highest BCUT2D eigenvalue weighted by Gasteiger charge is 2.23. The molecule has 3 heterocycles. The fraction of sp³-hybridized carbons (Fsp3) is 0. The van der Waals surface area contributed by atoms with Crippen LogP contribution in [0.15, 0.2) is 54.9 Å². The molecule has 0 saturated carbocycles. The van der Waals surface area contributed by atoms with E-state index >= 15 is 0 Å². The van der Waals surface area contributed by atoms with Gasteiger partial charge in [0.05, 0.1) is 28.4 Å². The zero-order valence-corrected chi connectivity index (χ0v) is 12.0. The zero-order valence-electron chi connectivity index (χ0n) is 12.0. The molecule has 0 aliphatic carbocycles. The molecular formula is C16H13N5O2+2. The summed E-state index contributed by atoms with van der Waals surface area (Å²) in [6.07, 6.45) is 11.7. The van der Waals surface area contributed by atoms with Gasteiger partial charge in [0.1, 0.15) is 0 Å². The lowest BCUT2D eigenvalue weighted by Gasteiger charge is -2.08. The maximum Gasteiger partial charge on any atom is 0.271 e. The molecule has 1 aromatic heterocycles. The van der Waals surface area contributed by atoms with Crippen LogP contribution in [0.4, 0.5) is 5.69 Å². The van der Waals surface area contributed by atoms with Gasteiger partial charge < -0.3 is 0 Å². The molecule has 4 N–H and O–H groups in total. The Balaban J connectivity index is 1.93. The quantitative estimate of drug-likeness (QED) is 0.633. The topological polar surface area (TPSA) is 102 Å². The van der Waals surface area contributed by atoms with Gasteiger partial charge in [0.15, 0.2) is 22.8 Å². The number of nitrogens with zero attached hydrogens (tertiary/aromatic N) is 3. The fourth-order valence-electron chi connectivity index (χ4n) is 2.62. The molecule has 0 atom stereocenters. The summed E-state index contributed by atoms with van der Waals surface area (Å²) in [6, 6.07) is 4.55. The van der Waals surface area contributed by atoms with Crippen molar-refractivity contribution in [2.24, 2.45) is 0 Å². The Morgan fingerprint density at radius 3 is 2.04 bits per heavy atom. The molecule has 7 nitrogen and oxygen atoms in total. The van der Waals surface area contributed by atoms with Crippen molar-refractivity contribution < 1.29 is 15.6 Å². The van der Waals surface area contributed by atoms with Gasteiger partial charge in [-0.25, -0.2) is 9.97 Å². The zero-order chi connectivity index (χ0) is 15.8. The van der Waals surface area contributed by atoms with E-state index in [1.54, 1.807) is 6.07 Å². The molecule has 0 spiro atoms. The molecule has 0 radical (unpaired) electrons. The Morgan fingerprint density at radius 2 is 1.52 bits per heavy atom. The van der Waals surface area contributed by atoms with Crippen LogP contribution < -0.4 is 10.6 Å². The lowest BCUT2D eigenvalue weighted by molar-refractivity contribution is -0.487. The van der Waals surface area contributed by atoms with Crippen LogP contribution in [0.3, 0.4) is 0 Å². The van der Waals surface area contributed by atoms with Gasteiger partial charge in [-0.2, -0.15) is 0 Å². The Morgan fingerprint density at radius 1 is 0.913 bits per heavy atom. The minimum absolute atomic E-state index is 0.0151. The summed E-state index contributed by atoms with van der Waals surface area (Å²) in [5.41, 5.74) is 4.61. The predicted octanol–water partition coefficient (Wildman–Crippen LogP) is 0.401. The second kappa shape index (κ2) is 5.24. The number of nitro groups is 1. The number of fused-ring (bicyclic) bond motifs is 1. The molecule has 4 rings (SSSR count). The summed E-state index contributed by atoms with van der Waals surface area (Å²) < 4.78 is 0. The summed E-state index contributed by atoms with van der Waals surface area (Å²) in [4.78, 5) is 19.9. The Hall–Kier alpha value is -3.16. The molecular weight excluding hydrogens is 294 g/mol. The Kier molecular flexibility index (Phi) is 3.07. The van der Waals surface area contributed by atoms with E-state index < -0.39 is 4.92 Å². The van der Waals surface area contributed by atoms with Crippen LogP contribution >= 0.6 is 0 Å². The first-order valence-electron chi connectivity index (χ1n) is 7.13. The van der Waals surface area contributed by atoms with Crippen molar-refractivity contribution in [3.8, 4) is 0 Å². The molecule has 2 aliphatic heterocycles. The molecule has 23 heavy (non-hydrogen) atoms. The van der Waals surface area contributed by atoms with E-state index in [1.165, 1.54) is 12.1 Å². The van der Waals surface area contributed by atoms with E-state index in [-0.39, 0.29) is 5.69 Å². The third kappa shape index (κ3) is 2.33. The van der Waals surface area contributed by atoms with E-state index in [4.69, 9.17) is 0 Å². The predicted molar refractivity (Wildman–Crippen MR) is 84.3 cm³/mol. The number of hydrogen-bond acceptors (Lipinski definition) is 4. The number of aromatic nitrogens is 2. The van der Waals surface area contributed by atoms with Gasteiger partial charge in [0, 0.05) is 24.3 Å². The number of nitro benzene ring substituents is 1. The molecule has 112 valence electrons. The van der Waals surface area contributed by atoms with Gasteiger partial charge in [0.2, 0.25) is 0 Å². The fourth-order valence-corrected chi connectivity index (χ4v) is 2.62. The summed E-state index contributed by atoms with van der Waals surface area (Å²) in [5.74, 6) is 0. The molecule has 2 aromatic rings. The standard InChI is InChI=1S/C16H11N5O2/c22-21(23)10-5-6-11-14(9-10)20-16(13-4-2-8-18-13)15(19-11)12-3-1-7-17-12/h1-9,17-18H/p+2. The van der Waals surface area contributed by atoms with Crippen molar-refractivity contribution in [1.82, 2.24) is 9.97 Å². The third-order valence-electron chi connectivity index (χ3n) is 3.73.